The molecule has 0 saturated carbocycles. The van der Waals surface area contributed by atoms with E-state index in [1.807, 2.05) is 18.2 Å². The van der Waals surface area contributed by atoms with Crippen molar-refractivity contribution in [3.05, 3.63) is 60.2 Å². The lowest BCUT2D eigenvalue weighted by molar-refractivity contribution is -0.123. The minimum atomic E-state index is -0.447. The Kier molecular flexibility index (Phi) is 7.31. The van der Waals surface area contributed by atoms with Gasteiger partial charge in [0.15, 0.2) is 6.61 Å². The molecule has 6 nitrogen and oxygen atoms in total. The largest absolute Gasteiger partial charge is 0.494 e. The van der Waals surface area contributed by atoms with Crippen molar-refractivity contribution in [3.8, 4) is 11.5 Å². The summed E-state index contributed by atoms with van der Waals surface area (Å²) in [6.07, 6.45) is 2.05. The van der Waals surface area contributed by atoms with E-state index in [4.69, 9.17) is 9.47 Å². The van der Waals surface area contributed by atoms with E-state index < -0.39 is 11.8 Å². The van der Waals surface area contributed by atoms with Crippen molar-refractivity contribution >= 4 is 11.8 Å². The van der Waals surface area contributed by atoms with Gasteiger partial charge in [-0.1, -0.05) is 31.5 Å². The second kappa shape index (κ2) is 9.97. The summed E-state index contributed by atoms with van der Waals surface area (Å²) in [5.74, 6) is 0.442. The van der Waals surface area contributed by atoms with E-state index in [2.05, 4.69) is 17.8 Å². The number of para-hydroxylation sites is 1. The van der Waals surface area contributed by atoms with Crippen LogP contribution in [0.4, 0.5) is 0 Å². The highest BCUT2D eigenvalue weighted by Crippen LogP contribution is 2.12. The number of ether oxygens (including phenoxy) is 2. The van der Waals surface area contributed by atoms with Crippen LogP contribution in [-0.4, -0.2) is 25.0 Å². The second-order valence-electron chi connectivity index (χ2n) is 5.33. The van der Waals surface area contributed by atoms with Gasteiger partial charge in [-0.2, -0.15) is 0 Å². The fourth-order valence-electron chi connectivity index (χ4n) is 1.94. The van der Waals surface area contributed by atoms with Crippen molar-refractivity contribution in [2.45, 2.75) is 19.8 Å². The molecule has 0 spiro atoms. The summed E-state index contributed by atoms with van der Waals surface area (Å²) in [5.41, 5.74) is 5.08. The summed E-state index contributed by atoms with van der Waals surface area (Å²) in [5, 5.41) is 0. The standard InChI is InChI=1S/C19H22N2O4/c1-2-3-13-24-17-11-9-15(10-12-17)19(23)21-20-18(22)14-25-16-7-5-4-6-8-16/h4-12H,2-3,13-14H2,1H3,(H,20,22)(H,21,23). The Hall–Kier alpha value is -3.02. The van der Waals surface area contributed by atoms with Crippen LogP contribution in [0.15, 0.2) is 54.6 Å². The van der Waals surface area contributed by atoms with Crippen LogP contribution in [0.1, 0.15) is 30.1 Å². The lowest BCUT2D eigenvalue weighted by Gasteiger charge is -2.09. The second-order valence-corrected chi connectivity index (χ2v) is 5.33. The third kappa shape index (κ3) is 6.55. The molecule has 0 aromatic heterocycles. The highest BCUT2D eigenvalue weighted by atomic mass is 16.5. The van der Waals surface area contributed by atoms with E-state index in [-0.39, 0.29) is 6.61 Å². The highest BCUT2D eigenvalue weighted by molar-refractivity contribution is 5.95. The molecule has 0 fully saturated rings. The zero-order chi connectivity index (χ0) is 17.9. The summed E-state index contributed by atoms with van der Waals surface area (Å²) < 4.78 is 10.8. The van der Waals surface area contributed by atoms with Gasteiger partial charge in [-0.3, -0.25) is 20.4 Å². The van der Waals surface area contributed by atoms with Gasteiger partial charge in [-0.25, -0.2) is 0 Å². The number of benzene rings is 2. The van der Waals surface area contributed by atoms with Crippen LogP contribution in [0.25, 0.3) is 0 Å². The number of amides is 2. The summed E-state index contributed by atoms with van der Waals surface area (Å²) in [6, 6.07) is 15.7. The summed E-state index contributed by atoms with van der Waals surface area (Å²) in [6.45, 7) is 2.56. The quantitative estimate of drug-likeness (QED) is 0.571. The maximum absolute atomic E-state index is 12.0. The predicted octanol–water partition coefficient (Wildman–Crippen LogP) is 2.71. The zero-order valence-corrected chi connectivity index (χ0v) is 14.2. The third-order valence-electron chi connectivity index (χ3n) is 3.31. The Labute approximate surface area is 147 Å². The molecular weight excluding hydrogens is 320 g/mol. The minimum Gasteiger partial charge on any atom is -0.494 e. The molecule has 0 atom stereocenters. The summed E-state index contributed by atoms with van der Waals surface area (Å²) in [4.78, 5) is 23.7. The van der Waals surface area contributed by atoms with Crippen LogP contribution in [0, 0.1) is 0 Å². The number of hydrazine groups is 1. The van der Waals surface area contributed by atoms with E-state index in [1.165, 1.54) is 0 Å². The first-order valence-electron chi connectivity index (χ1n) is 8.19. The molecule has 2 rings (SSSR count). The van der Waals surface area contributed by atoms with Crippen molar-refractivity contribution in [2.75, 3.05) is 13.2 Å². The summed E-state index contributed by atoms with van der Waals surface area (Å²) in [7, 11) is 0. The lowest BCUT2D eigenvalue weighted by Crippen LogP contribution is -2.43. The first-order chi connectivity index (χ1) is 12.2. The monoisotopic (exact) mass is 342 g/mol. The van der Waals surface area contributed by atoms with Crippen molar-refractivity contribution < 1.29 is 19.1 Å². The van der Waals surface area contributed by atoms with Crippen molar-refractivity contribution in [1.82, 2.24) is 10.9 Å². The number of rotatable bonds is 8. The fraction of sp³-hybridized carbons (Fsp3) is 0.263. The molecule has 2 aromatic rings. The molecule has 0 aliphatic carbocycles. The Morgan fingerprint density at radius 3 is 2.24 bits per heavy atom. The van der Waals surface area contributed by atoms with Crippen molar-refractivity contribution in [2.24, 2.45) is 0 Å². The van der Waals surface area contributed by atoms with Crippen LogP contribution in [0.5, 0.6) is 11.5 Å². The molecule has 2 aromatic carbocycles. The number of hydrogen-bond donors (Lipinski definition) is 2. The van der Waals surface area contributed by atoms with Crippen LogP contribution >= 0.6 is 0 Å². The summed E-state index contributed by atoms with van der Waals surface area (Å²) >= 11 is 0. The smallest absolute Gasteiger partial charge is 0.276 e. The van der Waals surface area contributed by atoms with E-state index in [1.54, 1.807) is 36.4 Å². The van der Waals surface area contributed by atoms with Crippen molar-refractivity contribution in [3.63, 3.8) is 0 Å². The van der Waals surface area contributed by atoms with Crippen LogP contribution in [-0.2, 0) is 4.79 Å². The van der Waals surface area contributed by atoms with E-state index in [9.17, 15) is 9.59 Å². The van der Waals surface area contributed by atoms with E-state index in [0.717, 1.165) is 12.8 Å². The van der Waals surface area contributed by atoms with Gasteiger partial charge in [-0.15, -0.1) is 0 Å². The van der Waals surface area contributed by atoms with Crippen LogP contribution in [0.2, 0.25) is 0 Å². The molecule has 25 heavy (non-hydrogen) atoms. The molecule has 0 heterocycles. The highest BCUT2D eigenvalue weighted by Gasteiger charge is 2.08. The number of nitrogens with one attached hydrogen (secondary N) is 2. The first kappa shape index (κ1) is 18.3. The maximum atomic E-state index is 12.0. The van der Waals surface area contributed by atoms with Gasteiger partial charge < -0.3 is 9.47 Å². The van der Waals surface area contributed by atoms with Crippen LogP contribution in [0.3, 0.4) is 0 Å². The first-order valence-corrected chi connectivity index (χ1v) is 8.19. The van der Waals surface area contributed by atoms with E-state index >= 15 is 0 Å². The normalized spacial score (nSPS) is 9.96. The molecule has 6 heteroatoms. The predicted molar refractivity (Wildman–Crippen MR) is 94.4 cm³/mol. The third-order valence-corrected chi connectivity index (χ3v) is 3.31. The maximum Gasteiger partial charge on any atom is 0.276 e. The van der Waals surface area contributed by atoms with Gasteiger partial charge in [0, 0.05) is 5.56 Å². The number of unbranched alkanes of at least 4 members (excludes halogenated alkanes) is 1. The average Bonchev–Trinajstić information content (AvgIpc) is 2.66. The van der Waals surface area contributed by atoms with Gasteiger partial charge in [0.05, 0.1) is 6.61 Å². The molecule has 0 saturated heterocycles. The Balaban J connectivity index is 1.72. The minimum absolute atomic E-state index is 0.186. The van der Waals surface area contributed by atoms with Gasteiger partial charge >= 0.3 is 0 Å². The number of hydrogen-bond acceptors (Lipinski definition) is 4. The molecule has 132 valence electrons. The molecular formula is C19H22N2O4. The molecule has 0 unspecified atom stereocenters. The fourth-order valence-corrected chi connectivity index (χ4v) is 1.94. The Morgan fingerprint density at radius 2 is 1.56 bits per heavy atom. The van der Waals surface area contributed by atoms with Gasteiger partial charge in [0.25, 0.3) is 11.8 Å². The topological polar surface area (TPSA) is 76.7 Å². The molecule has 2 N–H and O–H groups in total. The van der Waals surface area contributed by atoms with E-state index in [0.29, 0.717) is 23.7 Å². The number of carbonyl (C=O) groups excluding carboxylic acids is 2. The molecule has 0 aliphatic heterocycles. The Bertz CT molecular complexity index is 672. The Morgan fingerprint density at radius 1 is 0.880 bits per heavy atom. The zero-order valence-electron chi connectivity index (χ0n) is 14.2. The molecule has 2 amide bonds. The average molecular weight is 342 g/mol. The lowest BCUT2D eigenvalue weighted by atomic mass is 10.2. The molecule has 0 aliphatic rings. The van der Waals surface area contributed by atoms with Crippen molar-refractivity contribution in [1.29, 1.82) is 0 Å². The SMILES string of the molecule is CCCCOc1ccc(C(=O)NNC(=O)COc2ccccc2)cc1. The molecule has 0 bridgehead atoms. The van der Waals surface area contributed by atoms with Gasteiger partial charge in [-0.05, 0) is 42.8 Å². The van der Waals surface area contributed by atoms with Gasteiger partial charge in [0.1, 0.15) is 11.5 Å². The van der Waals surface area contributed by atoms with Gasteiger partial charge in [0.2, 0.25) is 0 Å². The molecule has 0 radical (unpaired) electrons. The number of carbonyl (C=O) groups is 2. The van der Waals surface area contributed by atoms with Crippen LogP contribution < -0.4 is 20.3 Å².